The molecule has 0 saturated heterocycles. The van der Waals surface area contributed by atoms with Crippen LogP contribution >= 0.6 is 0 Å². The zero-order valence-electron chi connectivity index (χ0n) is 14.0. The summed E-state index contributed by atoms with van der Waals surface area (Å²) in [5.74, 6) is -0.340. The average molecular weight is 326 g/mol. The molecule has 0 saturated carbocycles. The van der Waals surface area contributed by atoms with Crippen molar-refractivity contribution in [2.24, 2.45) is 0 Å². The second kappa shape index (κ2) is 8.72. The van der Waals surface area contributed by atoms with E-state index < -0.39 is 0 Å². The third-order valence-corrected chi connectivity index (χ3v) is 3.62. The Morgan fingerprint density at radius 1 is 0.958 bits per heavy atom. The van der Waals surface area contributed by atoms with Crippen molar-refractivity contribution in [2.75, 3.05) is 6.61 Å². The van der Waals surface area contributed by atoms with Crippen molar-refractivity contribution in [3.8, 4) is 0 Å². The predicted molar refractivity (Wildman–Crippen MR) is 92.7 cm³/mol. The number of carbonyl (C=O) groups excluding carboxylic acids is 2. The molecule has 2 aromatic rings. The van der Waals surface area contributed by atoms with E-state index in [1.54, 1.807) is 31.2 Å². The Balaban J connectivity index is 1.79. The van der Waals surface area contributed by atoms with Crippen LogP contribution in [0.4, 0.5) is 4.79 Å². The van der Waals surface area contributed by atoms with Gasteiger partial charge in [-0.05, 0) is 42.7 Å². The minimum Gasteiger partial charge on any atom is -0.462 e. The zero-order chi connectivity index (χ0) is 17.4. The van der Waals surface area contributed by atoms with Gasteiger partial charge in [0.2, 0.25) is 0 Å². The summed E-state index contributed by atoms with van der Waals surface area (Å²) in [4.78, 5) is 23.4. The average Bonchev–Trinajstić information content (AvgIpc) is 2.60. The molecule has 24 heavy (non-hydrogen) atoms. The standard InChI is InChI=1S/C19H22N2O3/c1-3-24-18(22)16-10-8-15(9-11-16)12-20-19(23)21-13-17-7-5-4-6-14(17)2/h4-11H,3,12-13H2,1-2H3,(H2,20,21,23). The summed E-state index contributed by atoms with van der Waals surface area (Å²) in [5.41, 5.74) is 3.65. The van der Waals surface area contributed by atoms with Gasteiger partial charge in [0, 0.05) is 13.1 Å². The lowest BCUT2D eigenvalue weighted by molar-refractivity contribution is 0.0526. The van der Waals surface area contributed by atoms with Gasteiger partial charge in [0.05, 0.1) is 12.2 Å². The van der Waals surface area contributed by atoms with Crippen molar-refractivity contribution in [3.05, 3.63) is 70.8 Å². The fraction of sp³-hybridized carbons (Fsp3) is 0.263. The SMILES string of the molecule is CCOC(=O)c1ccc(CNC(=O)NCc2ccccc2C)cc1. The van der Waals surface area contributed by atoms with Gasteiger partial charge in [-0.1, -0.05) is 36.4 Å². The lowest BCUT2D eigenvalue weighted by Crippen LogP contribution is -2.34. The van der Waals surface area contributed by atoms with Gasteiger partial charge in [0.25, 0.3) is 0 Å². The number of rotatable bonds is 6. The molecule has 2 N–H and O–H groups in total. The highest BCUT2D eigenvalue weighted by Gasteiger charge is 2.06. The van der Waals surface area contributed by atoms with Crippen molar-refractivity contribution >= 4 is 12.0 Å². The summed E-state index contributed by atoms with van der Waals surface area (Å²) in [6.45, 7) is 5.01. The van der Waals surface area contributed by atoms with Crippen LogP contribution in [0.15, 0.2) is 48.5 Å². The van der Waals surface area contributed by atoms with Crippen LogP contribution in [0.5, 0.6) is 0 Å². The van der Waals surface area contributed by atoms with Gasteiger partial charge in [-0.15, -0.1) is 0 Å². The quantitative estimate of drug-likeness (QED) is 0.801. The van der Waals surface area contributed by atoms with E-state index in [9.17, 15) is 9.59 Å². The van der Waals surface area contributed by atoms with Crippen molar-refractivity contribution in [1.29, 1.82) is 0 Å². The fourth-order valence-electron chi connectivity index (χ4n) is 2.20. The topological polar surface area (TPSA) is 67.4 Å². The molecule has 0 radical (unpaired) electrons. The van der Waals surface area contributed by atoms with E-state index in [0.717, 1.165) is 16.7 Å². The largest absolute Gasteiger partial charge is 0.462 e. The maximum atomic E-state index is 11.9. The fourth-order valence-corrected chi connectivity index (χ4v) is 2.20. The third kappa shape index (κ3) is 5.12. The first-order valence-corrected chi connectivity index (χ1v) is 7.92. The van der Waals surface area contributed by atoms with E-state index in [4.69, 9.17) is 4.74 Å². The Hall–Kier alpha value is -2.82. The normalized spacial score (nSPS) is 10.1. The summed E-state index contributed by atoms with van der Waals surface area (Å²) in [7, 11) is 0. The number of hydrogen-bond acceptors (Lipinski definition) is 3. The van der Waals surface area contributed by atoms with Crippen molar-refractivity contribution in [3.63, 3.8) is 0 Å². The smallest absolute Gasteiger partial charge is 0.338 e. The monoisotopic (exact) mass is 326 g/mol. The van der Waals surface area contributed by atoms with Gasteiger partial charge in [-0.2, -0.15) is 0 Å². The summed E-state index contributed by atoms with van der Waals surface area (Å²) in [6, 6.07) is 14.7. The molecule has 2 aromatic carbocycles. The number of benzene rings is 2. The van der Waals surface area contributed by atoms with Crippen molar-refractivity contribution < 1.29 is 14.3 Å². The molecule has 0 aliphatic carbocycles. The molecule has 0 fully saturated rings. The Morgan fingerprint density at radius 2 is 1.62 bits per heavy atom. The van der Waals surface area contributed by atoms with Gasteiger partial charge in [-0.25, -0.2) is 9.59 Å². The number of ether oxygens (including phenoxy) is 1. The van der Waals surface area contributed by atoms with Crippen LogP contribution in [0.2, 0.25) is 0 Å². The maximum Gasteiger partial charge on any atom is 0.338 e. The second-order valence-electron chi connectivity index (χ2n) is 5.38. The predicted octanol–water partition coefficient (Wildman–Crippen LogP) is 3.17. The summed E-state index contributed by atoms with van der Waals surface area (Å²) in [6.07, 6.45) is 0. The molecule has 0 aliphatic heterocycles. The number of hydrogen-bond donors (Lipinski definition) is 2. The first-order chi connectivity index (χ1) is 11.6. The van der Waals surface area contributed by atoms with E-state index in [1.807, 2.05) is 31.2 Å². The Morgan fingerprint density at radius 3 is 2.29 bits per heavy atom. The van der Waals surface area contributed by atoms with E-state index in [0.29, 0.717) is 25.3 Å². The highest BCUT2D eigenvalue weighted by atomic mass is 16.5. The number of aryl methyl sites for hydroxylation is 1. The number of urea groups is 1. The van der Waals surface area contributed by atoms with E-state index in [2.05, 4.69) is 10.6 Å². The summed E-state index contributed by atoms with van der Waals surface area (Å²) < 4.78 is 4.93. The van der Waals surface area contributed by atoms with Gasteiger partial charge >= 0.3 is 12.0 Å². The van der Waals surface area contributed by atoms with Crippen LogP contribution in [0.3, 0.4) is 0 Å². The molecule has 126 valence electrons. The number of amides is 2. The third-order valence-electron chi connectivity index (χ3n) is 3.62. The van der Waals surface area contributed by atoms with E-state index >= 15 is 0 Å². The van der Waals surface area contributed by atoms with Crippen LogP contribution in [-0.2, 0) is 17.8 Å². The van der Waals surface area contributed by atoms with E-state index in [-0.39, 0.29) is 12.0 Å². The number of esters is 1. The molecule has 0 heterocycles. The highest BCUT2D eigenvalue weighted by Crippen LogP contribution is 2.07. The Bertz CT molecular complexity index is 696. The molecule has 2 rings (SSSR count). The second-order valence-corrected chi connectivity index (χ2v) is 5.38. The lowest BCUT2D eigenvalue weighted by Gasteiger charge is -2.10. The first-order valence-electron chi connectivity index (χ1n) is 7.92. The molecular formula is C19H22N2O3. The molecule has 0 spiro atoms. The Labute approximate surface area is 142 Å². The Kier molecular flexibility index (Phi) is 6.37. The number of carbonyl (C=O) groups is 2. The van der Waals surface area contributed by atoms with Gasteiger partial charge < -0.3 is 15.4 Å². The molecule has 0 unspecified atom stereocenters. The molecule has 5 heteroatoms. The van der Waals surface area contributed by atoms with Crippen LogP contribution in [0, 0.1) is 6.92 Å². The molecule has 0 aromatic heterocycles. The van der Waals surface area contributed by atoms with Gasteiger partial charge in [0.15, 0.2) is 0 Å². The van der Waals surface area contributed by atoms with Gasteiger partial charge in [-0.3, -0.25) is 0 Å². The minimum absolute atomic E-state index is 0.229. The lowest BCUT2D eigenvalue weighted by atomic mass is 10.1. The van der Waals surface area contributed by atoms with Crippen LogP contribution < -0.4 is 10.6 Å². The minimum atomic E-state index is -0.340. The summed E-state index contributed by atoms with van der Waals surface area (Å²) >= 11 is 0. The van der Waals surface area contributed by atoms with Crippen molar-refractivity contribution in [2.45, 2.75) is 26.9 Å². The molecule has 2 amide bonds. The first kappa shape index (κ1) is 17.5. The highest BCUT2D eigenvalue weighted by molar-refractivity contribution is 5.89. The summed E-state index contributed by atoms with van der Waals surface area (Å²) in [5, 5.41) is 5.63. The molecular weight excluding hydrogens is 304 g/mol. The van der Waals surface area contributed by atoms with Crippen molar-refractivity contribution in [1.82, 2.24) is 10.6 Å². The molecule has 0 bridgehead atoms. The molecule has 5 nitrogen and oxygen atoms in total. The molecule has 0 atom stereocenters. The van der Waals surface area contributed by atoms with Gasteiger partial charge in [0.1, 0.15) is 0 Å². The van der Waals surface area contributed by atoms with Crippen LogP contribution in [-0.4, -0.2) is 18.6 Å². The van der Waals surface area contributed by atoms with Crippen LogP contribution in [0.25, 0.3) is 0 Å². The molecule has 0 aliphatic rings. The maximum absolute atomic E-state index is 11.9. The zero-order valence-corrected chi connectivity index (χ0v) is 14.0. The van der Waals surface area contributed by atoms with E-state index in [1.165, 1.54) is 0 Å². The number of nitrogens with one attached hydrogen (secondary N) is 2. The van der Waals surface area contributed by atoms with Crippen LogP contribution in [0.1, 0.15) is 34.0 Å².